The van der Waals surface area contributed by atoms with Gasteiger partial charge < -0.3 is 19.9 Å². The molecule has 0 spiro atoms. The molecule has 2 N–H and O–H groups in total. The second-order valence-electron chi connectivity index (χ2n) is 7.31. The number of hydrogen-bond donors (Lipinski definition) is 2. The van der Waals surface area contributed by atoms with E-state index in [2.05, 4.69) is 75.6 Å². The zero-order valence-corrected chi connectivity index (χ0v) is 17.8. The molecule has 1 aliphatic rings. The minimum Gasteiger partial charge on any atom is -0.469 e. The Balaban J connectivity index is 1.56. The number of carbonyl (C=O) groups is 1. The first-order valence-corrected chi connectivity index (χ1v) is 10.6. The van der Waals surface area contributed by atoms with Gasteiger partial charge in [0.15, 0.2) is 5.11 Å². The van der Waals surface area contributed by atoms with Crippen molar-refractivity contribution in [3.05, 3.63) is 71.8 Å². The first-order chi connectivity index (χ1) is 14.2. The Morgan fingerprint density at radius 2 is 1.62 bits per heavy atom. The van der Waals surface area contributed by atoms with E-state index in [0.717, 1.165) is 37.7 Å². The summed E-state index contributed by atoms with van der Waals surface area (Å²) in [6.45, 7) is 4.59. The van der Waals surface area contributed by atoms with Crippen LogP contribution in [-0.4, -0.2) is 55.8 Å². The maximum absolute atomic E-state index is 11.2. The van der Waals surface area contributed by atoms with Gasteiger partial charge in [-0.2, -0.15) is 0 Å². The minimum absolute atomic E-state index is 0.178. The van der Waals surface area contributed by atoms with Gasteiger partial charge in [-0.3, -0.25) is 4.79 Å². The number of methoxy groups -OCH3 is 1. The topological polar surface area (TPSA) is 46.0 Å². The van der Waals surface area contributed by atoms with Gasteiger partial charge in [0.2, 0.25) is 0 Å². The molecule has 0 radical (unpaired) electrons. The average molecular weight is 413 g/mol. The van der Waals surface area contributed by atoms with Gasteiger partial charge in [0.25, 0.3) is 0 Å². The highest BCUT2D eigenvalue weighted by molar-refractivity contribution is 7.80. The minimum atomic E-state index is -0.178. The summed E-state index contributed by atoms with van der Waals surface area (Å²) in [4.78, 5) is 15.0. The number of ether oxygens (including phenoxy) is 1. The van der Waals surface area contributed by atoms with Crippen LogP contribution in [0.3, 0.4) is 0 Å². The van der Waals surface area contributed by atoms with E-state index in [1.165, 1.54) is 18.2 Å². The number of esters is 1. The van der Waals surface area contributed by atoms with E-state index < -0.39 is 0 Å². The summed E-state index contributed by atoms with van der Waals surface area (Å²) in [6.07, 6.45) is 1.14. The number of carbonyl (C=O) groups excluding carboxylic acids is 1. The number of rotatable bonds is 7. The number of quaternary nitrogens is 1. The SMILES string of the molecule is COC(=O)CCCNC(=S)N1CC[NH+](C(c2ccccc2)c2ccccc2)CC1. The fourth-order valence-corrected chi connectivity index (χ4v) is 4.17. The van der Waals surface area contributed by atoms with Crippen LogP contribution in [0.5, 0.6) is 0 Å². The Bertz CT molecular complexity index is 738. The van der Waals surface area contributed by atoms with Crippen molar-refractivity contribution in [2.75, 3.05) is 39.8 Å². The highest BCUT2D eigenvalue weighted by atomic mass is 32.1. The van der Waals surface area contributed by atoms with Gasteiger partial charge in [-0.05, 0) is 18.6 Å². The Hall–Kier alpha value is -2.44. The fraction of sp³-hybridized carbons (Fsp3) is 0.391. The van der Waals surface area contributed by atoms with Gasteiger partial charge in [0.1, 0.15) is 6.04 Å². The van der Waals surface area contributed by atoms with Crippen LogP contribution in [0.1, 0.15) is 30.0 Å². The van der Waals surface area contributed by atoms with Crippen LogP contribution in [0.4, 0.5) is 0 Å². The molecule has 3 rings (SSSR count). The molecule has 6 heteroatoms. The maximum Gasteiger partial charge on any atom is 0.305 e. The van der Waals surface area contributed by atoms with Crippen LogP contribution < -0.4 is 10.2 Å². The number of hydrogen-bond acceptors (Lipinski definition) is 3. The normalized spacial score (nSPS) is 14.6. The molecule has 5 nitrogen and oxygen atoms in total. The van der Waals surface area contributed by atoms with E-state index in [1.54, 1.807) is 4.90 Å². The number of nitrogens with one attached hydrogen (secondary N) is 2. The van der Waals surface area contributed by atoms with Gasteiger partial charge >= 0.3 is 5.97 Å². The molecule has 0 aliphatic carbocycles. The Morgan fingerprint density at radius 3 is 2.14 bits per heavy atom. The van der Waals surface area contributed by atoms with Crippen LogP contribution >= 0.6 is 12.2 Å². The van der Waals surface area contributed by atoms with Gasteiger partial charge in [-0.25, -0.2) is 0 Å². The standard InChI is InChI=1S/C23H29N3O2S/c1-28-21(27)13-8-14-24-23(29)26-17-15-25(16-18-26)22(19-9-4-2-5-10-19)20-11-6-3-7-12-20/h2-7,9-12,22H,8,13-18H2,1H3,(H,24,29)/p+1. The number of nitrogens with zero attached hydrogens (tertiary/aromatic N) is 1. The van der Waals surface area contributed by atoms with Crippen LogP contribution in [-0.2, 0) is 9.53 Å². The Kier molecular flexibility index (Phi) is 8.02. The second-order valence-corrected chi connectivity index (χ2v) is 7.70. The van der Waals surface area contributed by atoms with Gasteiger partial charge in [-0.1, -0.05) is 60.7 Å². The van der Waals surface area contributed by atoms with Crippen LogP contribution in [0.2, 0.25) is 0 Å². The van der Waals surface area contributed by atoms with Crippen LogP contribution in [0, 0.1) is 0 Å². The van der Waals surface area contributed by atoms with Crippen molar-refractivity contribution < 1.29 is 14.4 Å². The third-order valence-electron chi connectivity index (χ3n) is 5.43. The Labute approximate surface area is 178 Å². The lowest BCUT2D eigenvalue weighted by Crippen LogP contribution is -3.15. The molecular weight excluding hydrogens is 382 g/mol. The van der Waals surface area contributed by atoms with Gasteiger partial charge in [0, 0.05) is 24.1 Å². The molecule has 154 valence electrons. The van der Waals surface area contributed by atoms with E-state index in [0.29, 0.717) is 19.0 Å². The molecule has 0 saturated carbocycles. The number of piperazine rings is 1. The summed E-state index contributed by atoms with van der Waals surface area (Å²) in [6, 6.07) is 21.9. The van der Waals surface area contributed by atoms with Crippen molar-refractivity contribution in [2.45, 2.75) is 18.9 Å². The lowest BCUT2D eigenvalue weighted by Gasteiger charge is -2.38. The lowest BCUT2D eigenvalue weighted by atomic mass is 9.96. The zero-order valence-electron chi connectivity index (χ0n) is 17.0. The smallest absolute Gasteiger partial charge is 0.305 e. The van der Waals surface area contributed by atoms with Crippen molar-refractivity contribution in [3.63, 3.8) is 0 Å². The van der Waals surface area contributed by atoms with Crippen molar-refractivity contribution in [1.82, 2.24) is 10.2 Å². The van der Waals surface area contributed by atoms with Crippen LogP contribution in [0.15, 0.2) is 60.7 Å². The molecular formula is C23H30N3O2S+. The third kappa shape index (κ3) is 6.02. The molecule has 0 atom stereocenters. The average Bonchev–Trinajstić information content (AvgIpc) is 2.78. The van der Waals surface area contributed by atoms with Gasteiger partial charge in [-0.15, -0.1) is 0 Å². The molecule has 1 aliphatic heterocycles. The first kappa shape index (κ1) is 21.3. The summed E-state index contributed by atoms with van der Waals surface area (Å²) in [7, 11) is 1.42. The zero-order chi connectivity index (χ0) is 20.5. The van der Waals surface area contributed by atoms with E-state index >= 15 is 0 Å². The van der Waals surface area contributed by atoms with Gasteiger partial charge in [0.05, 0.1) is 33.3 Å². The highest BCUT2D eigenvalue weighted by Crippen LogP contribution is 2.19. The number of thiocarbonyl (C=S) groups is 1. The summed E-state index contributed by atoms with van der Waals surface area (Å²) in [5.74, 6) is -0.178. The van der Waals surface area contributed by atoms with Crippen molar-refractivity contribution >= 4 is 23.3 Å². The molecule has 1 heterocycles. The molecule has 0 unspecified atom stereocenters. The monoisotopic (exact) mass is 412 g/mol. The molecule has 0 amide bonds. The molecule has 1 saturated heterocycles. The summed E-state index contributed by atoms with van der Waals surface area (Å²) >= 11 is 5.56. The fourth-order valence-electron chi connectivity index (χ4n) is 3.88. The predicted octanol–water partition coefficient (Wildman–Crippen LogP) is 1.80. The predicted molar refractivity (Wildman–Crippen MR) is 119 cm³/mol. The molecule has 2 aromatic rings. The van der Waals surface area contributed by atoms with E-state index in [9.17, 15) is 4.79 Å². The molecule has 2 aromatic carbocycles. The van der Waals surface area contributed by atoms with Crippen LogP contribution in [0.25, 0.3) is 0 Å². The summed E-state index contributed by atoms with van der Waals surface area (Å²) in [5, 5.41) is 4.06. The van der Waals surface area contributed by atoms with E-state index in [4.69, 9.17) is 12.2 Å². The summed E-state index contributed by atoms with van der Waals surface area (Å²) < 4.78 is 4.67. The second kappa shape index (κ2) is 10.9. The molecule has 0 bridgehead atoms. The van der Waals surface area contributed by atoms with Crippen molar-refractivity contribution in [1.29, 1.82) is 0 Å². The summed E-state index contributed by atoms with van der Waals surface area (Å²) in [5.41, 5.74) is 2.70. The quantitative estimate of drug-likeness (QED) is 0.413. The van der Waals surface area contributed by atoms with E-state index in [-0.39, 0.29) is 5.97 Å². The molecule has 29 heavy (non-hydrogen) atoms. The Morgan fingerprint density at radius 1 is 1.07 bits per heavy atom. The molecule has 1 fully saturated rings. The largest absolute Gasteiger partial charge is 0.469 e. The number of benzene rings is 2. The third-order valence-corrected chi connectivity index (χ3v) is 5.83. The maximum atomic E-state index is 11.2. The lowest BCUT2D eigenvalue weighted by molar-refractivity contribution is -0.929. The molecule has 0 aromatic heterocycles. The highest BCUT2D eigenvalue weighted by Gasteiger charge is 2.30. The van der Waals surface area contributed by atoms with Crippen molar-refractivity contribution in [2.24, 2.45) is 0 Å². The van der Waals surface area contributed by atoms with Crippen molar-refractivity contribution in [3.8, 4) is 0 Å². The first-order valence-electron chi connectivity index (χ1n) is 10.2. The van der Waals surface area contributed by atoms with E-state index in [1.807, 2.05) is 0 Å².